The highest BCUT2D eigenvalue weighted by molar-refractivity contribution is 7.07. The predicted octanol–water partition coefficient (Wildman–Crippen LogP) is 2.29. The summed E-state index contributed by atoms with van der Waals surface area (Å²) in [5.41, 5.74) is 2.46. The summed E-state index contributed by atoms with van der Waals surface area (Å²) in [7, 11) is 0. The molecule has 8 nitrogen and oxygen atoms in total. The Hall–Kier alpha value is -3.85. The molecule has 9 heteroatoms. The molecule has 4 rings (SSSR count). The molecular weight excluding hydrogens is 428 g/mol. The molecule has 0 saturated carbocycles. The van der Waals surface area contributed by atoms with E-state index in [1.54, 1.807) is 24.3 Å². The number of fused-ring (bicyclic) bond motifs is 1. The minimum absolute atomic E-state index is 0.337. The lowest BCUT2D eigenvalue weighted by atomic mass is 10.1. The molecule has 4 aromatic rings. The van der Waals surface area contributed by atoms with Gasteiger partial charge < -0.3 is 9.30 Å². The lowest BCUT2D eigenvalue weighted by Crippen LogP contribution is -2.27. The van der Waals surface area contributed by atoms with Gasteiger partial charge in [-0.05, 0) is 24.6 Å². The third kappa shape index (κ3) is 5.06. The van der Waals surface area contributed by atoms with E-state index in [1.807, 2.05) is 47.3 Å². The van der Waals surface area contributed by atoms with Gasteiger partial charge in [0.1, 0.15) is 6.54 Å². The molecule has 0 unspecified atom stereocenters. The molecule has 32 heavy (non-hydrogen) atoms. The summed E-state index contributed by atoms with van der Waals surface area (Å²) >= 11 is 1.32. The van der Waals surface area contributed by atoms with Crippen LogP contribution < -0.4 is 10.4 Å². The van der Waals surface area contributed by atoms with Gasteiger partial charge in [-0.2, -0.15) is 4.99 Å². The Morgan fingerprint density at radius 2 is 1.88 bits per heavy atom. The summed E-state index contributed by atoms with van der Waals surface area (Å²) in [6.45, 7) is 1.76. The number of carbonyl (C=O) groups is 2. The van der Waals surface area contributed by atoms with Crippen LogP contribution in [0.25, 0.3) is 10.9 Å². The average Bonchev–Trinajstić information content (AvgIpc) is 3.22. The summed E-state index contributed by atoms with van der Waals surface area (Å²) < 4.78 is 8.03. The smallest absolute Gasteiger partial charge is 0.326 e. The molecule has 0 aliphatic carbocycles. The van der Waals surface area contributed by atoms with Crippen molar-refractivity contribution in [2.24, 2.45) is 4.99 Å². The van der Waals surface area contributed by atoms with E-state index in [0.29, 0.717) is 22.2 Å². The topological polar surface area (TPSA) is 95.6 Å². The maximum absolute atomic E-state index is 12.4. The van der Waals surface area contributed by atoms with Crippen molar-refractivity contribution in [2.75, 3.05) is 6.61 Å². The summed E-state index contributed by atoms with van der Waals surface area (Å²) in [6.07, 6.45) is 3.14. The Labute approximate surface area is 187 Å². The van der Waals surface area contributed by atoms with Crippen molar-refractivity contribution in [3.63, 3.8) is 0 Å². The van der Waals surface area contributed by atoms with E-state index in [2.05, 4.69) is 9.98 Å². The zero-order valence-electron chi connectivity index (χ0n) is 17.3. The highest BCUT2D eigenvalue weighted by Crippen LogP contribution is 2.06. The molecule has 2 aromatic heterocycles. The quantitative estimate of drug-likeness (QED) is 0.422. The summed E-state index contributed by atoms with van der Waals surface area (Å²) in [6, 6.07) is 15.0. The van der Waals surface area contributed by atoms with Crippen LogP contribution in [0.1, 0.15) is 11.1 Å². The molecule has 0 saturated heterocycles. The normalized spacial score (nSPS) is 11.6. The van der Waals surface area contributed by atoms with Crippen LogP contribution in [0.4, 0.5) is 0 Å². The highest BCUT2D eigenvalue weighted by atomic mass is 32.1. The van der Waals surface area contributed by atoms with Gasteiger partial charge in [0.05, 0.1) is 17.2 Å². The molecule has 0 bridgehead atoms. The number of thiazole rings is 1. The third-order valence-electron chi connectivity index (χ3n) is 4.74. The van der Waals surface area contributed by atoms with Gasteiger partial charge in [0.25, 0.3) is 11.5 Å². The number of benzene rings is 2. The third-order valence-corrected chi connectivity index (χ3v) is 5.54. The van der Waals surface area contributed by atoms with Crippen LogP contribution >= 0.6 is 11.3 Å². The van der Waals surface area contributed by atoms with E-state index >= 15 is 0 Å². The lowest BCUT2D eigenvalue weighted by Gasteiger charge is -2.06. The second kappa shape index (κ2) is 9.52. The lowest BCUT2D eigenvalue weighted by molar-refractivity contribution is -0.148. The number of hydrogen-bond donors (Lipinski definition) is 0. The maximum atomic E-state index is 12.4. The first-order chi connectivity index (χ1) is 15.5. The van der Waals surface area contributed by atoms with E-state index < -0.39 is 18.5 Å². The minimum Gasteiger partial charge on any atom is -0.454 e. The van der Waals surface area contributed by atoms with Gasteiger partial charge in [-0.3, -0.25) is 19.0 Å². The Kier molecular flexibility index (Phi) is 6.37. The van der Waals surface area contributed by atoms with E-state index in [1.165, 1.54) is 23.2 Å². The molecule has 0 atom stereocenters. The predicted molar refractivity (Wildman–Crippen MR) is 120 cm³/mol. The summed E-state index contributed by atoms with van der Waals surface area (Å²) in [4.78, 5) is 45.5. The Bertz CT molecular complexity index is 1400. The number of rotatable bonds is 6. The van der Waals surface area contributed by atoms with Crippen molar-refractivity contribution in [3.05, 3.63) is 92.7 Å². The molecule has 0 fully saturated rings. The minimum atomic E-state index is -0.716. The number of hydrogen-bond acceptors (Lipinski definition) is 6. The first kappa shape index (κ1) is 21.4. The molecule has 0 aliphatic rings. The number of esters is 1. The molecule has 0 radical (unpaired) electrons. The van der Waals surface area contributed by atoms with Crippen molar-refractivity contribution in [1.82, 2.24) is 14.1 Å². The van der Waals surface area contributed by atoms with E-state index in [4.69, 9.17) is 4.74 Å². The first-order valence-electron chi connectivity index (χ1n) is 9.86. The zero-order valence-corrected chi connectivity index (χ0v) is 18.1. The fourth-order valence-electron chi connectivity index (χ4n) is 3.08. The van der Waals surface area contributed by atoms with Crippen LogP contribution in [-0.4, -0.2) is 32.6 Å². The molecule has 0 aliphatic heterocycles. The van der Waals surface area contributed by atoms with E-state index in [0.717, 1.165) is 10.1 Å². The molecule has 0 N–H and O–H groups in total. The molecule has 0 spiro atoms. The number of nitrogens with zero attached hydrogens (tertiary/aromatic N) is 4. The fraction of sp³-hybridized carbons (Fsp3) is 0.174. The Balaban J connectivity index is 1.38. The van der Waals surface area contributed by atoms with Crippen molar-refractivity contribution in [1.29, 1.82) is 0 Å². The molecular formula is C23H20N4O4S. The van der Waals surface area contributed by atoms with Crippen LogP contribution in [0.5, 0.6) is 0 Å². The SMILES string of the molecule is Cc1ccc(Cn2ccsc2=NC(=O)COC(=O)Cn2cnc3ccccc3c2=O)cc1. The van der Waals surface area contributed by atoms with Gasteiger partial charge in [-0.15, -0.1) is 11.3 Å². The van der Waals surface area contributed by atoms with Crippen LogP contribution in [-0.2, 0) is 27.4 Å². The van der Waals surface area contributed by atoms with Crippen molar-refractivity contribution < 1.29 is 14.3 Å². The summed E-state index contributed by atoms with van der Waals surface area (Å²) in [5.74, 6) is -1.30. The van der Waals surface area contributed by atoms with Crippen LogP contribution in [0.15, 0.2) is 76.2 Å². The molecule has 2 heterocycles. The van der Waals surface area contributed by atoms with Gasteiger partial charge in [0, 0.05) is 18.1 Å². The maximum Gasteiger partial charge on any atom is 0.326 e. The van der Waals surface area contributed by atoms with Crippen LogP contribution in [0, 0.1) is 6.92 Å². The number of aryl methyl sites for hydroxylation is 1. The van der Waals surface area contributed by atoms with Crippen molar-refractivity contribution >= 4 is 34.1 Å². The molecule has 2 aromatic carbocycles. The molecule has 1 amide bonds. The Morgan fingerprint density at radius 3 is 2.69 bits per heavy atom. The first-order valence-corrected chi connectivity index (χ1v) is 10.7. The van der Waals surface area contributed by atoms with Gasteiger partial charge in [0.2, 0.25) is 0 Å². The highest BCUT2D eigenvalue weighted by Gasteiger charge is 2.11. The van der Waals surface area contributed by atoms with Gasteiger partial charge in [-0.25, -0.2) is 4.98 Å². The largest absolute Gasteiger partial charge is 0.454 e. The second-order valence-corrected chi connectivity index (χ2v) is 8.03. The zero-order chi connectivity index (χ0) is 22.5. The number of para-hydroxylation sites is 1. The van der Waals surface area contributed by atoms with E-state index in [-0.39, 0.29) is 12.1 Å². The number of carbonyl (C=O) groups excluding carboxylic acids is 2. The van der Waals surface area contributed by atoms with E-state index in [9.17, 15) is 14.4 Å². The number of amides is 1. The monoisotopic (exact) mass is 448 g/mol. The van der Waals surface area contributed by atoms with Gasteiger partial charge >= 0.3 is 5.97 Å². The fourth-order valence-corrected chi connectivity index (χ4v) is 3.83. The summed E-state index contributed by atoms with van der Waals surface area (Å²) in [5, 5.41) is 2.25. The number of aromatic nitrogens is 3. The Morgan fingerprint density at radius 1 is 1.09 bits per heavy atom. The standard InChI is InChI=1S/C23H20N4O4S/c1-16-6-8-17(9-7-16)12-26-10-11-32-23(26)25-20(28)14-31-21(29)13-27-15-24-19-5-3-2-4-18(19)22(27)30/h2-11,15H,12-14H2,1H3. The number of ether oxygens (including phenoxy) is 1. The van der Waals surface area contributed by atoms with Gasteiger partial charge in [0.15, 0.2) is 11.4 Å². The second-order valence-electron chi connectivity index (χ2n) is 7.16. The molecule has 162 valence electrons. The van der Waals surface area contributed by atoms with Crippen LogP contribution in [0.2, 0.25) is 0 Å². The van der Waals surface area contributed by atoms with Crippen molar-refractivity contribution in [3.8, 4) is 0 Å². The average molecular weight is 449 g/mol. The van der Waals surface area contributed by atoms with Crippen molar-refractivity contribution in [2.45, 2.75) is 20.0 Å². The van der Waals surface area contributed by atoms with Gasteiger partial charge in [-0.1, -0.05) is 42.0 Å². The van der Waals surface area contributed by atoms with Crippen LogP contribution in [0.3, 0.4) is 0 Å².